The van der Waals surface area contributed by atoms with Gasteiger partial charge < -0.3 is 9.13 Å². The molecule has 0 saturated heterocycles. The number of aryl methyl sites for hydroxylation is 6. The van der Waals surface area contributed by atoms with Gasteiger partial charge in [0.05, 0.1) is 22.2 Å². The summed E-state index contributed by atoms with van der Waals surface area (Å²) in [4.78, 5) is 26.8. The van der Waals surface area contributed by atoms with Gasteiger partial charge in [-0.25, -0.2) is 0 Å². The molecule has 3 heterocycles. The highest BCUT2D eigenvalue weighted by atomic mass is 16.2. The summed E-state index contributed by atoms with van der Waals surface area (Å²) in [6.07, 6.45) is 4.02. The summed E-state index contributed by atoms with van der Waals surface area (Å²) < 4.78 is 4.18. The molecule has 2 amide bonds. The van der Waals surface area contributed by atoms with Crippen molar-refractivity contribution in [3.8, 4) is 0 Å². The predicted octanol–water partition coefficient (Wildman–Crippen LogP) is 5.70. The molecule has 0 unspecified atom stereocenters. The number of nitrogens with one attached hydrogen (secondary N) is 1. The first-order valence-corrected chi connectivity index (χ1v) is 12.1. The predicted molar refractivity (Wildman–Crippen MR) is 144 cm³/mol. The quantitative estimate of drug-likeness (QED) is 0.384. The van der Waals surface area contributed by atoms with Gasteiger partial charge in [-0.15, -0.1) is 0 Å². The fourth-order valence-electron chi connectivity index (χ4n) is 6.12. The van der Waals surface area contributed by atoms with Crippen LogP contribution in [0.5, 0.6) is 0 Å². The van der Waals surface area contributed by atoms with Crippen LogP contribution < -0.4 is 5.32 Å². The van der Waals surface area contributed by atoms with Crippen molar-refractivity contribution >= 4 is 44.8 Å². The van der Waals surface area contributed by atoms with Crippen LogP contribution in [0.1, 0.15) is 55.6 Å². The lowest BCUT2D eigenvalue weighted by Crippen LogP contribution is -2.22. The van der Waals surface area contributed by atoms with E-state index in [4.69, 9.17) is 0 Å². The van der Waals surface area contributed by atoms with Crippen molar-refractivity contribution < 1.29 is 9.59 Å². The lowest BCUT2D eigenvalue weighted by Gasteiger charge is -2.14. The third-order valence-electron chi connectivity index (χ3n) is 8.67. The third kappa shape index (κ3) is 2.87. The number of hydrogen-bond donors (Lipinski definition) is 1. The molecule has 1 aliphatic heterocycles. The van der Waals surface area contributed by atoms with E-state index >= 15 is 0 Å². The van der Waals surface area contributed by atoms with E-state index in [9.17, 15) is 9.59 Å². The van der Waals surface area contributed by atoms with Gasteiger partial charge >= 0.3 is 0 Å². The normalized spacial score (nSPS) is 14.2. The van der Waals surface area contributed by atoms with Crippen LogP contribution in [0.4, 0.5) is 0 Å². The maximum Gasteiger partial charge on any atom is 0.259 e. The summed E-state index contributed by atoms with van der Waals surface area (Å²) in [6, 6.07) is 0. The van der Waals surface area contributed by atoms with Crippen molar-refractivity contribution in [2.75, 3.05) is 0 Å². The van der Waals surface area contributed by atoms with Gasteiger partial charge in [-0.05, 0) is 99.9 Å². The zero-order valence-electron chi connectivity index (χ0n) is 22.4. The average molecular weight is 468 g/mol. The van der Waals surface area contributed by atoms with Gasteiger partial charge in [-0.2, -0.15) is 0 Å². The molecular formula is C30H33N3O2. The van der Waals surface area contributed by atoms with Gasteiger partial charge in [0.25, 0.3) is 11.8 Å². The van der Waals surface area contributed by atoms with Gasteiger partial charge in [0.1, 0.15) is 0 Å². The number of carbonyl (C=O) groups excluding carboxylic acids is 2. The Kier molecular flexibility index (Phi) is 4.93. The van der Waals surface area contributed by atoms with Crippen LogP contribution in [0, 0.1) is 55.4 Å². The van der Waals surface area contributed by atoms with Gasteiger partial charge in [0.15, 0.2) is 0 Å². The van der Waals surface area contributed by atoms with Crippen LogP contribution >= 0.6 is 0 Å². The smallest absolute Gasteiger partial charge is 0.259 e. The minimum Gasteiger partial charge on any atom is -0.350 e. The highest BCUT2D eigenvalue weighted by Crippen LogP contribution is 2.43. The molecule has 0 bridgehead atoms. The fourth-order valence-corrected chi connectivity index (χ4v) is 6.12. The van der Waals surface area contributed by atoms with Gasteiger partial charge in [-0.3, -0.25) is 14.9 Å². The Morgan fingerprint density at radius 2 is 0.829 bits per heavy atom. The summed E-state index contributed by atoms with van der Waals surface area (Å²) in [5.74, 6) is -0.661. The Balaban J connectivity index is 1.97. The van der Waals surface area contributed by atoms with Crippen molar-refractivity contribution in [3.05, 3.63) is 68.0 Å². The number of imide groups is 1. The molecule has 1 N–H and O–H groups in total. The monoisotopic (exact) mass is 467 g/mol. The Morgan fingerprint density at radius 1 is 0.514 bits per heavy atom. The molecule has 0 spiro atoms. The standard InChI is InChI=1S/C30H33N3O2/c1-13-15(3)19(7)27-23(17(13)5)21(11-32(27)9)25-26(30(35)31-29(25)34)22-12-33(10)28-20(8)16(4)14(2)18(6)24(22)28/h11-12H,1-10H3,(H,31,34,35). The molecule has 0 atom stereocenters. The zero-order chi connectivity index (χ0) is 25.7. The Labute approximate surface area is 206 Å². The molecule has 4 aromatic rings. The molecule has 0 aliphatic carbocycles. The van der Waals surface area contributed by atoms with E-state index in [0.717, 1.165) is 44.1 Å². The molecule has 180 valence electrons. The topological polar surface area (TPSA) is 56.0 Å². The molecule has 2 aromatic carbocycles. The van der Waals surface area contributed by atoms with Gasteiger partial charge in [0, 0.05) is 48.4 Å². The number of carbonyl (C=O) groups is 2. The van der Waals surface area contributed by atoms with Crippen LogP contribution in [-0.4, -0.2) is 20.9 Å². The summed E-state index contributed by atoms with van der Waals surface area (Å²) in [7, 11) is 4.03. The van der Waals surface area contributed by atoms with Crippen LogP contribution in [-0.2, 0) is 23.7 Å². The highest BCUT2D eigenvalue weighted by molar-refractivity contribution is 6.51. The summed E-state index contributed by atoms with van der Waals surface area (Å²) >= 11 is 0. The van der Waals surface area contributed by atoms with Crippen LogP contribution in [0.15, 0.2) is 12.4 Å². The lowest BCUT2D eigenvalue weighted by molar-refractivity contribution is -0.122. The first kappa shape index (κ1) is 23.2. The van der Waals surface area contributed by atoms with Gasteiger partial charge in [-0.1, -0.05) is 0 Å². The second-order valence-electron chi connectivity index (χ2n) is 10.3. The number of hydrogen-bond acceptors (Lipinski definition) is 2. The van der Waals surface area contributed by atoms with E-state index in [1.54, 1.807) is 0 Å². The van der Waals surface area contributed by atoms with E-state index in [-0.39, 0.29) is 11.8 Å². The third-order valence-corrected chi connectivity index (χ3v) is 8.67. The number of benzene rings is 2. The maximum absolute atomic E-state index is 13.4. The Bertz CT molecular complexity index is 1560. The summed E-state index contributed by atoms with van der Waals surface area (Å²) in [6.45, 7) is 17.0. The highest BCUT2D eigenvalue weighted by Gasteiger charge is 2.36. The SMILES string of the molecule is Cc1c(C)c(C)c2c(c(C3=C(c4cn(C)c5c(C)c(C)c(C)c(C)c45)C(=O)NC3=O)cn2C)c1C. The number of aromatic nitrogens is 2. The van der Waals surface area contributed by atoms with Crippen molar-refractivity contribution in [1.29, 1.82) is 0 Å². The molecule has 5 rings (SSSR count). The number of fused-ring (bicyclic) bond motifs is 2. The van der Waals surface area contributed by atoms with E-state index in [1.807, 2.05) is 26.5 Å². The Hall–Kier alpha value is -3.60. The van der Waals surface area contributed by atoms with E-state index in [0.29, 0.717) is 11.1 Å². The molecule has 0 radical (unpaired) electrons. The molecule has 0 fully saturated rings. The van der Waals surface area contributed by atoms with E-state index < -0.39 is 0 Å². The molecular weight excluding hydrogens is 434 g/mol. The maximum atomic E-state index is 13.4. The van der Waals surface area contributed by atoms with Crippen molar-refractivity contribution in [2.45, 2.75) is 55.4 Å². The summed E-state index contributed by atoms with van der Waals surface area (Å²) in [5, 5.41) is 4.71. The lowest BCUT2D eigenvalue weighted by atomic mass is 9.88. The number of amides is 2. The van der Waals surface area contributed by atoms with Crippen molar-refractivity contribution in [2.24, 2.45) is 14.1 Å². The molecule has 0 saturated carbocycles. The molecule has 2 aromatic heterocycles. The van der Waals surface area contributed by atoms with Crippen LogP contribution in [0.25, 0.3) is 33.0 Å². The molecule has 35 heavy (non-hydrogen) atoms. The van der Waals surface area contributed by atoms with Gasteiger partial charge in [0.2, 0.25) is 0 Å². The van der Waals surface area contributed by atoms with Crippen LogP contribution in [0.3, 0.4) is 0 Å². The first-order valence-electron chi connectivity index (χ1n) is 12.1. The summed E-state index contributed by atoms with van der Waals surface area (Å²) in [5.41, 5.74) is 14.4. The molecule has 5 nitrogen and oxygen atoms in total. The number of rotatable bonds is 2. The van der Waals surface area contributed by atoms with E-state index in [1.165, 1.54) is 33.4 Å². The first-order chi connectivity index (χ1) is 16.4. The Morgan fingerprint density at radius 3 is 1.17 bits per heavy atom. The minimum absolute atomic E-state index is 0.331. The average Bonchev–Trinajstić information content (AvgIpc) is 3.42. The second kappa shape index (κ2) is 7.45. The van der Waals surface area contributed by atoms with Crippen molar-refractivity contribution in [3.63, 3.8) is 0 Å². The zero-order valence-corrected chi connectivity index (χ0v) is 22.4. The molecule has 1 aliphatic rings. The van der Waals surface area contributed by atoms with Crippen molar-refractivity contribution in [1.82, 2.24) is 14.5 Å². The van der Waals surface area contributed by atoms with E-state index in [2.05, 4.69) is 69.8 Å². The molecule has 5 heteroatoms. The second-order valence-corrected chi connectivity index (χ2v) is 10.3. The number of nitrogens with zero attached hydrogens (tertiary/aromatic N) is 2. The largest absolute Gasteiger partial charge is 0.350 e. The minimum atomic E-state index is -0.331. The fraction of sp³-hybridized carbons (Fsp3) is 0.333. The van der Waals surface area contributed by atoms with Crippen LogP contribution in [0.2, 0.25) is 0 Å².